The zero-order valence-corrected chi connectivity index (χ0v) is 15.0. The minimum absolute atomic E-state index is 0.0286. The van der Waals surface area contributed by atoms with Crippen LogP contribution in [0.25, 0.3) is 0 Å². The highest BCUT2D eigenvalue weighted by molar-refractivity contribution is 7.11. The fourth-order valence-electron chi connectivity index (χ4n) is 1.87. The van der Waals surface area contributed by atoms with Crippen LogP contribution in [-0.2, 0) is 11.2 Å². The van der Waals surface area contributed by atoms with Gasteiger partial charge < -0.3 is 16.0 Å². The molecule has 0 spiro atoms. The molecule has 0 aliphatic carbocycles. The Morgan fingerprint density at radius 3 is 2.64 bits per heavy atom. The van der Waals surface area contributed by atoms with E-state index in [-0.39, 0.29) is 17.5 Å². The molecule has 0 aliphatic heterocycles. The second kappa shape index (κ2) is 8.52. The van der Waals surface area contributed by atoms with Crippen LogP contribution >= 0.6 is 11.3 Å². The number of amides is 3. The first-order valence-corrected chi connectivity index (χ1v) is 8.61. The van der Waals surface area contributed by atoms with Crippen LogP contribution < -0.4 is 16.0 Å². The molecule has 2 rings (SSSR count). The molecule has 3 N–H and O–H groups in total. The Kier molecular flexibility index (Phi) is 6.40. The van der Waals surface area contributed by atoms with E-state index in [4.69, 9.17) is 0 Å². The van der Waals surface area contributed by atoms with Crippen LogP contribution in [0.1, 0.15) is 23.9 Å². The number of aromatic nitrogens is 2. The van der Waals surface area contributed by atoms with Gasteiger partial charge >= 0.3 is 6.03 Å². The van der Waals surface area contributed by atoms with Gasteiger partial charge in [0.15, 0.2) is 0 Å². The van der Waals surface area contributed by atoms with E-state index in [1.807, 2.05) is 6.92 Å². The summed E-state index contributed by atoms with van der Waals surface area (Å²) in [4.78, 5) is 23.6. The van der Waals surface area contributed by atoms with Gasteiger partial charge in [-0.2, -0.15) is 0 Å². The van der Waals surface area contributed by atoms with Gasteiger partial charge in [0.05, 0.1) is 5.69 Å². The predicted octanol–water partition coefficient (Wildman–Crippen LogP) is 2.94. The zero-order chi connectivity index (χ0) is 18.4. The quantitative estimate of drug-likeness (QED) is 0.733. The van der Waals surface area contributed by atoms with E-state index in [2.05, 4.69) is 26.1 Å². The standard InChI is InChI=1S/C16H20FN5O2S/c1-9(2)15(23)20-13-8-11(4-5-12(13)17)19-16(24)18-7-6-14-22-21-10(3)25-14/h4-5,8-9H,6-7H2,1-3H3,(H,20,23)(H2,18,19,24). The Morgan fingerprint density at radius 2 is 2.00 bits per heavy atom. The van der Waals surface area contributed by atoms with Crippen LogP contribution in [-0.4, -0.2) is 28.7 Å². The first kappa shape index (κ1) is 18.8. The molecule has 25 heavy (non-hydrogen) atoms. The molecule has 0 saturated heterocycles. The molecule has 7 nitrogen and oxygen atoms in total. The molecular formula is C16H20FN5O2S. The van der Waals surface area contributed by atoms with Crippen molar-refractivity contribution >= 4 is 34.6 Å². The summed E-state index contributed by atoms with van der Waals surface area (Å²) in [6, 6.07) is 3.57. The summed E-state index contributed by atoms with van der Waals surface area (Å²) in [7, 11) is 0. The van der Waals surface area contributed by atoms with Crippen molar-refractivity contribution in [1.29, 1.82) is 0 Å². The number of anilines is 2. The van der Waals surface area contributed by atoms with Crippen molar-refractivity contribution in [3.63, 3.8) is 0 Å². The van der Waals surface area contributed by atoms with Crippen molar-refractivity contribution < 1.29 is 14.0 Å². The largest absolute Gasteiger partial charge is 0.337 e. The smallest absolute Gasteiger partial charge is 0.319 e. The van der Waals surface area contributed by atoms with Crippen molar-refractivity contribution in [2.75, 3.05) is 17.2 Å². The van der Waals surface area contributed by atoms with Crippen molar-refractivity contribution in [2.45, 2.75) is 27.2 Å². The summed E-state index contributed by atoms with van der Waals surface area (Å²) >= 11 is 1.48. The van der Waals surface area contributed by atoms with Crippen LogP contribution in [0.15, 0.2) is 18.2 Å². The first-order valence-electron chi connectivity index (χ1n) is 7.79. The summed E-state index contributed by atoms with van der Waals surface area (Å²) < 4.78 is 13.8. The highest BCUT2D eigenvalue weighted by Crippen LogP contribution is 2.20. The van der Waals surface area contributed by atoms with E-state index in [0.29, 0.717) is 18.7 Å². The molecule has 0 unspecified atom stereocenters. The topological polar surface area (TPSA) is 96.0 Å². The molecule has 0 saturated carbocycles. The van der Waals surface area contributed by atoms with Gasteiger partial charge in [0, 0.05) is 24.6 Å². The molecule has 3 amide bonds. The van der Waals surface area contributed by atoms with Gasteiger partial charge in [-0.3, -0.25) is 4.79 Å². The molecule has 0 atom stereocenters. The second-order valence-electron chi connectivity index (χ2n) is 5.68. The average molecular weight is 365 g/mol. The second-order valence-corrected chi connectivity index (χ2v) is 6.95. The molecule has 1 aromatic carbocycles. The summed E-state index contributed by atoms with van der Waals surface area (Å²) in [5.41, 5.74) is 0.408. The normalized spacial score (nSPS) is 10.6. The molecule has 1 heterocycles. The summed E-state index contributed by atoms with van der Waals surface area (Å²) in [6.45, 7) is 5.69. The van der Waals surface area contributed by atoms with Gasteiger partial charge in [-0.25, -0.2) is 9.18 Å². The molecule has 134 valence electrons. The third-order valence-electron chi connectivity index (χ3n) is 3.20. The molecular weight excluding hydrogens is 345 g/mol. The Morgan fingerprint density at radius 1 is 1.24 bits per heavy atom. The fourth-order valence-corrected chi connectivity index (χ4v) is 2.58. The Hall–Kier alpha value is -2.55. The third kappa shape index (κ3) is 5.79. The van der Waals surface area contributed by atoms with Crippen molar-refractivity contribution in [2.24, 2.45) is 5.92 Å². The molecule has 2 aromatic rings. The van der Waals surface area contributed by atoms with Crippen LogP contribution in [0.4, 0.5) is 20.6 Å². The highest BCUT2D eigenvalue weighted by atomic mass is 32.1. The number of urea groups is 1. The van der Waals surface area contributed by atoms with Gasteiger partial charge in [0.2, 0.25) is 5.91 Å². The number of rotatable bonds is 6. The Labute approximate surface area is 149 Å². The van der Waals surface area contributed by atoms with E-state index >= 15 is 0 Å². The predicted molar refractivity (Wildman–Crippen MR) is 95.2 cm³/mol. The number of hydrogen-bond donors (Lipinski definition) is 3. The van der Waals surface area contributed by atoms with Gasteiger partial charge in [-0.15, -0.1) is 21.5 Å². The molecule has 0 aliphatic rings. The highest BCUT2D eigenvalue weighted by Gasteiger charge is 2.12. The van der Waals surface area contributed by atoms with E-state index < -0.39 is 11.8 Å². The van der Waals surface area contributed by atoms with Crippen molar-refractivity contribution in [3.8, 4) is 0 Å². The summed E-state index contributed by atoms with van der Waals surface area (Å²) in [6.07, 6.45) is 0.581. The lowest BCUT2D eigenvalue weighted by atomic mass is 10.2. The lowest BCUT2D eigenvalue weighted by molar-refractivity contribution is -0.118. The number of hydrogen-bond acceptors (Lipinski definition) is 5. The first-order chi connectivity index (χ1) is 11.8. The minimum atomic E-state index is -0.563. The molecule has 0 radical (unpaired) electrons. The average Bonchev–Trinajstić information content (AvgIpc) is 2.96. The van der Waals surface area contributed by atoms with Gasteiger partial charge in [-0.05, 0) is 25.1 Å². The van der Waals surface area contributed by atoms with Gasteiger partial charge in [-0.1, -0.05) is 13.8 Å². The molecule has 0 fully saturated rings. The summed E-state index contributed by atoms with van der Waals surface area (Å²) in [5.74, 6) is -1.14. The minimum Gasteiger partial charge on any atom is -0.337 e. The summed E-state index contributed by atoms with van der Waals surface area (Å²) in [5, 5.41) is 17.4. The fraction of sp³-hybridized carbons (Fsp3) is 0.375. The molecule has 0 bridgehead atoms. The number of aryl methyl sites for hydroxylation is 1. The maximum Gasteiger partial charge on any atom is 0.319 e. The maximum absolute atomic E-state index is 13.8. The Balaban J connectivity index is 1.88. The van der Waals surface area contributed by atoms with E-state index in [1.54, 1.807) is 13.8 Å². The number of nitrogens with one attached hydrogen (secondary N) is 3. The maximum atomic E-state index is 13.8. The molecule has 1 aromatic heterocycles. The van der Waals surface area contributed by atoms with Crippen molar-refractivity contribution in [3.05, 3.63) is 34.0 Å². The number of carbonyl (C=O) groups excluding carboxylic acids is 2. The van der Waals surface area contributed by atoms with Gasteiger partial charge in [0.1, 0.15) is 15.8 Å². The van der Waals surface area contributed by atoms with Crippen LogP contribution in [0.2, 0.25) is 0 Å². The van der Waals surface area contributed by atoms with E-state index in [1.165, 1.54) is 29.5 Å². The number of halogens is 1. The van der Waals surface area contributed by atoms with Crippen LogP contribution in [0, 0.1) is 18.7 Å². The Bertz CT molecular complexity index is 763. The molecule has 9 heteroatoms. The van der Waals surface area contributed by atoms with Crippen LogP contribution in [0.5, 0.6) is 0 Å². The van der Waals surface area contributed by atoms with Crippen molar-refractivity contribution in [1.82, 2.24) is 15.5 Å². The lowest BCUT2D eigenvalue weighted by Gasteiger charge is -2.11. The lowest BCUT2D eigenvalue weighted by Crippen LogP contribution is -2.30. The van der Waals surface area contributed by atoms with E-state index in [9.17, 15) is 14.0 Å². The zero-order valence-electron chi connectivity index (χ0n) is 14.2. The van der Waals surface area contributed by atoms with E-state index in [0.717, 1.165) is 10.0 Å². The number of benzene rings is 1. The number of nitrogens with zero attached hydrogens (tertiary/aromatic N) is 2. The van der Waals surface area contributed by atoms with Crippen LogP contribution in [0.3, 0.4) is 0 Å². The third-order valence-corrected chi connectivity index (χ3v) is 4.10. The monoisotopic (exact) mass is 365 g/mol. The van der Waals surface area contributed by atoms with Gasteiger partial charge in [0.25, 0.3) is 0 Å². The SMILES string of the molecule is Cc1nnc(CCNC(=O)Nc2ccc(F)c(NC(=O)C(C)C)c2)s1. The number of carbonyl (C=O) groups is 2.